The first kappa shape index (κ1) is 18.9. The summed E-state index contributed by atoms with van der Waals surface area (Å²) in [6.07, 6.45) is 0. The summed E-state index contributed by atoms with van der Waals surface area (Å²) in [5, 5.41) is 11.1. The molecule has 8 heteroatoms. The maximum Gasteiger partial charge on any atom is 0.325 e. The lowest BCUT2D eigenvalue weighted by Crippen LogP contribution is -2.19. The second-order valence-electron chi connectivity index (χ2n) is 5.73. The molecule has 0 radical (unpaired) electrons. The van der Waals surface area contributed by atoms with Gasteiger partial charge in [0.2, 0.25) is 5.91 Å². The van der Waals surface area contributed by atoms with Crippen LogP contribution in [-0.2, 0) is 11.3 Å². The monoisotopic (exact) mass is 400 g/mol. The van der Waals surface area contributed by atoms with Crippen molar-refractivity contribution in [2.45, 2.75) is 13.5 Å². The largest absolute Gasteiger partial charge is 0.352 e. The van der Waals surface area contributed by atoms with Gasteiger partial charge in [-0.25, -0.2) is 9.78 Å². The highest BCUT2D eigenvalue weighted by Gasteiger charge is 2.09. The molecule has 0 fully saturated rings. The second-order valence-corrected chi connectivity index (χ2v) is 7.03. The first-order valence-electron chi connectivity index (χ1n) is 8.12. The van der Waals surface area contributed by atoms with Gasteiger partial charge in [0.05, 0.1) is 5.69 Å². The standard InChI is InChI=1S/C19H17ClN4O2S/c1-12(25)21-10-13-5-7-14(8-6-13)17-11-27-19(23-17)24-18(26)22-16-4-2-3-15(20)9-16/h2-9,11H,10H2,1H3,(H,21,25)(H2,22,23,24,26). The van der Waals surface area contributed by atoms with Crippen molar-refractivity contribution in [3.63, 3.8) is 0 Å². The van der Waals surface area contributed by atoms with Gasteiger partial charge in [0.1, 0.15) is 0 Å². The zero-order valence-corrected chi connectivity index (χ0v) is 16.0. The fourth-order valence-electron chi connectivity index (χ4n) is 2.31. The number of thiazole rings is 1. The van der Waals surface area contributed by atoms with Gasteiger partial charge < -0.3 is 10.6 Å². The van der Waals surface area contributed by atoms with Gasteiger partial charge in [0.25, 0.3) is 0 Å². The van der Waals surface area contributed by atoms with Crippen LogP contribution in [0.2, 0.25) is 5.02 Å². The van der Waals surface area contributed by atoms with Gasteiger partial charge in [-0.05, 0) is 23.8 Å². The van der Waals surface area contributed by atoms with E-state index < -0.39 is 0 Å². The summed E-state index contributed by atoms with van der Waals surface area (Å²) >= 11 is 7.24. The molecule has 0 unspecified atom stereocenters. The summed E-state index contributed by atoms with van der Waals surface area (Å²) in [5.41, 5.74) is 3.31. The van der Waals surface area contributed by atoms with E-state index in [1.807, 2.05) is 29.6 Å². The molecule has 0 aliphatic carbocycles. The molecule has 1 aromatic heterocycles. The second kappa shape index (κ2) is 8.66. The Labute approximate surface area is 165 Å². The summed E-state index contributed by atoms with van der Waals surface area (Å²) < 4.78 is 0. The van der Waals surface area contributed by atoms with Crippen molar-refractivity contribution in [3.05, 3.63) is 64.5 Å². The van der Waals surface area contributed by atoms with E-state index in [0.717, 1.165) is 16.8 Å². The van der Waals surface area contributed by atoms with Crippen LogP contribution in [0.15, 0.2) is 53.9 Å². The normalized spacial score (nSPS) is 10.3. The number of halogens is 1. The minimum absolute atomic E-state index is 0.0645. The highest BCUT2D eigenvalue weighted by molar-refractivity contribution is 7.14. The molecule has 6 nitrogen and oxygen atoms in total. The van der Waals surface area contributed by atoms with Gasteiger partial charge in [0.15, 0.2) is 5.13 Å². The molecule has 27 heavy (non-hydrogen) atoms. The maximum absolute atomic E-state index is 12.1. The molecule has 0 aliphatic rings. The minimum Gasteiger partial charge on any atom is -0.352 e. The average Bonchev–Trinajstić information content (AvgIpc) is 3.08. The van der Waals surface area contributed by atoms with E-state index in [4.69, 9.17) is 11.6 Å². The third-order valence-electron chi connectivity index (χ3n) is 3.60. The van der Waals surface area contributed by atoms with Crippen LogP contribution in [0.25, 0.3) is 11.3 Å². The number of urea groups is 1. The lowest BCUT2D eigenvalue weighted by atomic mass is 10.1. The number of amides is 3. The van der Waals surface area contributed by atoms with E-state index in [9.17, 15) is 9.59 Å². The van der Waals surface area contributed by atoms with E-state index in [2.05, 4.69) is 20.9 Å². The number of aromatic nitrogens is 1. The lowest BCUT2D eigenvalue weighted by Gasteiger charge is -2.05. The van der Waals surface area contributed by atoms with E-state index in [-0.39, 0.29) is 11.9 Å². The molecule has 3 N–H and O–H groups in total. The molecule has 0 saturated heterocycles. The molecule has 0 aliphatic heterocycles. The zero-order chi connectivity index (χ0) is 19.2. The predicted molar refractivity (Wildman–Crippen MR) is 109 cm³/mol. The number of nitrogens with zero attached hydrogens (tertiary/aromatic N) is 1. The highest BCUT2D eigenvalue weighted by atomic mass is 35.5. The summed E-state index contributed by atoms with van der Waals surface area (Å²) in [4.78, 5) is 27.5. The van der Waals surface area contributed by atoms with Crippen molar-refractivity contribution in [2.75, 3.05) is 10.6 Å². The summed E-state index contributed by atoms with van der Waals surface area (Å²) in [7, 11) is 0. The number of nitrogens with one attached hydrogen (secondary N) is 3. The average molecular weight is 401 g/mol. The van der Waals surface area contributed by atoms with E-state index in [0.29, 0.717) is 22.4 Å². The smallest absolute Gasteiger partial charge is 0.325 e. The maximum atomic E-state index is 12.1. The molecule has 0 atom stereocenters. The van der Waals surface area contributed by atoms with Gasteiger partial charge in [-0.15, -0.1) is 11.3 Å². The molecule has 3 aromatic rings. The number of benzene rings is 2. The van der Waals surface area contributed by atoms with Crippen molar-refractivity contribution < 1.29 is 9.59 Å². The van der Waals surface area contributed by atoms with E-state index >= 15 is 0 Å². The quantitative estimate of drug-likeness (QED) is 0.578. The first-order chi connectivity index (χ1) is 13.0. The lowest BCUT2D eigenvalue weighted by molar-refractivity contribution is -0.119. The van der Waals surface area contributed by atoms with Crippen molar-refractivity contribution in [1.82, 2.24) is 10.3 Å². The third-order valence-corrected chi connectivity index (χ3v) is 4.59. The molecule has 3 rings (SSSR count). The molecule has 2 aromatic carbocycles. The minimum atomic E-state index is -0.385. The number of hydrogen-bond acceptors (Lipinski definition) is 4. The summed E-state index contributed by atoms with van der Waals surface area (Å²) in [5.74, 6) is -0.0645. The number of anilines is 2. The Bertz CT molecular complexity index is 956. The first-order valence-corrected chi connectivity index (χ1v) is 9.38. The molecule has 3 amide bonds. The van der Waals surface area contributed by atoms with Gasteiger partial charge in [-0.2, -0.15) is 0 Å². The van der Waals surface area contributed by atoms with Gasteiger partial charge in [-0.1, -0.05) is 41.9 Å². The topological polar surface area (TPSA) is 83.1 Å². The number of carbonyl (C=O) groups excluding carboxylic acids is 2. The molecule has 0 saturated carbocycles. The number of hydrogen-bond donors (Lipinski definition) is 3. The van der Waals surface area contributed by atoms with Crippen LogP contribution >= 0.6 is 22.9 Å². The van der Waals surface area contributed by atoms with Crippen molar-refractivity contribution >= 4 is 45.7 Å². The molecule has 0 bridgehead atoms. The fourth-order valence-corrected chi connectivity index (χ4v) is 3.21. The van der Waals surface area contributed by atoms with Crippen LogP contribution in [-0.4, -0.2) is 16.9 Å². The van der Waals surface area contributed by atoms with E-state index in [1.165, 1.54) is 18.3 Å². The van der Waals surface area contributed by atoms with Crippen LogP contribution in [0.4, 0.5) is 15.6 Å². The molecule has 138 valence electrons. The van der Waals surface area contributed by atoms with Crippen LogP contribution in [0, 0.1) is 0 Å². The number of carbonyl (C=O) groups is 2. The van der Waals surface area contributed by atoms with Crippen molar-refractivity contribution in [3.8, 4) is 11.3 Å². The zero-order valence-electron chi connectivity index (χ0n) is 14.5. The Kier molecular flexibility index (Phi) is 6.05. The Balaban J connectivity index is 1.60. The van der Waals surface area contributed by atoms with Gasteiger partial charge in [0, 0.05) is 35.1 Å². The van der Waals surface area contributed by atoms with Crippen molar-refractivity contribution in [1.29, 1.82) is 0 Å². The molecule has 0 spiro atoms. The predicted octanol–water partition coefficient (Wildman–Crippen LogP) is 4.74. The van der Waals surface area contributed by atoms with Gasteiger partial charge >= 0.3 is 6.03 Å². The highest BCUT2D eigenvalue weighted by Crippen LogP contribution is 2.25. The Morgan fingerprint density at radius 2 is 1.89 bits per heavy atom. The Morgan fingerprint density at radius 3 is 2.59 bits per heavy atom. The fraction of sp³-hybridized carbons (Fsp3) is 0.105. The van der Waals surface area contributed by atoms with Crippen LogP contribution in [0.5, 0.6) is 0 Å². The molecule has 1 heterocycles. The molecular weight excluding hydrogens is 384 g/mol. The van der Waals surface area contributed by atoms with Crippen LogP contribution in [0.1, 0.15) is 12.5 Å². The summed E-state index contributed by atoms with van der Waals surface area (Å²) in [6.45, 7) is 1.98. The Morgan fingerprint density at radius 1 is 1.11 bits per heavy atom. The van der Waals surface area contributed by atoms with Crippen LogP contribution < -0.4 is 16.0 Å². The SMILES string of the molecule is CC(=O)NCc1ccc(-c2csc(NC(=O)Nc3cccc(Cl)c3)n2)cc1. The third kappa shape index (κ3) is 5.54. The molecular formula is C19H17ClN4O2S. The van der Waals surface area contributed by atoms with E-state index in [1.54, 1.807) is 24.3 Å². The number of rotatable bonds is 5. The van der Waals surface area contributed by atoms with Crippen LogP contribution in [0.3, 0.4) is 0 Å². The summed E-state index contributed by atoms with van der Waals surface area (Å²) in [6, 6.07) is 14.3. The van der Waals surface area contributed by atoms with Crippen molar-refractivity contribution in [2.24, 2.45) is 0 Å². The Hall–Kier alpha value is -2.90. The van der Waals surface area contributed by atoms with Gasteiger partial charge in [-0.3, -0.25) is 10.1 Å².